The molecule has 4 rings (SSSR count). The van der Waals surface area contributed by atoms with Gasteiger partial charge in [0, 0.05) is 45.3 Å². The van der Waals surface area contributed by atoms with Gasteiger partial charge in [-0.1, -0.05) is 46.7 Å². The van der Waals surface area contributed by atoms with Gasteiger partial charge in [0.25, 0.3) is 0 Å². The number of fused-ring (bicyclic) bond motifs is 1. The van der Waals surface area contributed by atoms with Gasteiger partial charge < -0.3 is 30.4 Å². The minimum Gasteiger partial charge on any atom is -0.506 e. The highest BCUT2D eigenvalue weighted by atomic mass is 35.5. The molecule has 0 atom stereocenters. The third kappa shape index (κ3) is 12.5. The van der Waals surface area contributed by atoms with Crippen LogP contribution in [-0.4, -0.2) is 96.8 Å². The third-order valence-corrected chi connectivity index (χ3v) is 9.20. The smallest absolute Gasteiger partial charge is 0.458 e. The van der Waals surface area contributed by atoms with Crippen LogP contribution in [0.4, 0.5) is 26.3 Å². The van der Waals surface area contributed by atoms with Crippen LogP contribution in [-0.2, 0) is 32.0 Å². The maximum atomic E-state index is 13.2. The molecule has 0 spiro atoms. The normalized spacial score (nSPS) is 13.9. The Morgan fingerprint density at radius 3 is 2.14 bits per heavy atom. The van der Waals surface area contributed by atoms with E-state index in [9.17, 15) is 50.6 Å². The van der Waals surface area contributed by atoms with Crippen molar-refractivity contribution in [2.75, 3.05) is 45.9 Å². The first kappa shape index (κ1) is 41.2. The van der Waals surface area contributed by atoms with Gasteiger partial charge in [-0.05, 0) is 68.1 Å². The van der Waals surface area contributed by atoms with Crippen LogP contribution in [0.15, 0.2) is 35.1 Å². The molecule has 1 saturated heterocycles. The Hall–Kier alpha value is -3.22. The fraction of sp³-hybridized carbons (Fsp3) is 0.484. The van der Waals surface area contributed by atoms with Crippen molar-refractivity contribution in [1.82, 2.24) is 20.5 Å². The van der Waals surface area contributed by atoms with E-state index in [1.807, 2.05) is 23.1 Å². The van der Waals surface area contributed by atoms with E-state index < -0.39 is 23.9 Å². The largest absolute Gasteiger partial charge is 0.506 e. The van der Waals surface area contributed by atoms with Crippen LogP contribution in [0.5, 0.6) is 5.75 Å². The predicted octanol–water partition coefficient (Wildman–Crippen LogP) is 5.21. The second-order valence-corrected chi connectivity index (χ2v) is 12.8. The molecular weight excluding hydrogens is 741 g/mol. The molecule has 4 N–H and O–H groups in total. The molecule has 1 amide bonds. The fourth-order valence-corrected chi connectivity index (χ4v) is 6.19. The van der Waals surface area contributed by atoms with Crippen LogP contribution in [0.25, 0.3) is 10.2 Å². The van der Waals surface area contributed by atoms with E-state index in [-0.39, 0.29) is 22.6 Å². The number of aromatic nitrogens is 1. The number of aromatic hydroxyl groups is 1. The summed E-state index contributed by atoms with van der Waals surface area (Å²) in [4.78, 5) is 48.6. The van der Waals surface area contributed by atoms with Gasteiger partial charge in [-0.3, -0.25) is 19.2 Å². The van der Waals surface area contributed by atoms with Crippen molar-refractivity contribution >= 4 is 62.2 Å². The molecule has 3 aromatic rings. The second kappa shape index (κ2) is 18.9. The van der Waals surface area contributed by atoms with Crippen molar-refractivity contribution in [1.29, 1.82) is 0 Å². The molecule has 19 heteroatoms. The van der Waals surface area contributed by atoms with E-state index in [4.69, 9.17) is 27.9 Å². The maximum absolute atomic E-state index is 13.2. The number of ether oxygens (including phenoxy) is 1. The summed E-state index contributed by atoms with van der Waals surface area (Å²) < 4.78 is 73.3. The van der Waals surface area contributed by atoms with E-state index in [0.29, 0.717) is 61.4 Å². The molecule has 1 aliphatic heterocycles. The van der Waals surface area contributed by atoms with Crippen LogP contribution in [0.2, 0.25) is 10.0 Å². The van der Waals surface area contributed by atoms with Crippen LogP contribution in [0.1, 0.15) is 30.4 Å². The molecule has 0 radical (unpaired) electrons. The lowest BCUT2D eigenvalue weighted by Gasteiger charge is -2.34. The number of benzene rings is 2. The molecule has 1 aliphatic rings. The van der Waals surface area contributed by atoms with Gasteiger partial charge in [0.05, 0.1) is 14.7 Å². The van der Waals surface area contributed by atoms with Crippen LogP contribution < -0.4 is 15.5 Å². The average Bonchev–Trinajstić information content (AvgIpc) is 3.46. The van der Waals surface area contributed by atoms with Gasteiger partial charge in [0.1, 0.15) is 11.3 Å². The second-order valence-electron chi connectivity index (χ2n) is 11.0. The van der Waals surface area contributed by atoms with Gasteiger partial charge in [-0.2, -0.15) is 26.3 Å². The number of hydrogen-bond acceptors (Lipinski definition) is 9. The molecule has 10 nitrogen and oxygen atoms in total. The van der Waals surface area contributed by atoms with Gasteiger partial charge in [0.2, 0.25) is 5.91 Å². The first-order valence-corrected chi connectivity index (χ1v) is 16.8. The molecule has 0 unspecified atom stereocenters. The molecular formula is C31H34Cl2F6N4O6S. The zero-order valence-corrected chi connectivity index (χ0v) is 28.6. The molecule has 2 heterocycles. The summed E-state index contributed by atoms with van der Waals surface area (Å²) in [5, 5.41) is 17.9. The third-order valence-electron chi connectivity index (χ3n) is 7.50. The van der Waals surface area contributed by atoms with Gasteiger partial charge in [-0.15, -0.1) is 0 Å². The van der Waals surface area contributed by atoms with E-state index in [0.717, 1.165) is 59.4 Å². The quantitative estimate of drug-likeness (QED) is 0.0995. The Balaban J connectivity index is 0.000000482. The molecule has 0 aliphatic carbocycles. The Morgan fingerprint density at radius 2 is 1.52 bits per heavy atom. The zero-order chi connectivity index (χ0) is 37.1. The summed E-state index contributed by atoms with van der Waals surface area (Å²) in [6.07, 6.45) is -7.86. The van der Waals surface area contributed by atoms with Gasteiger partial charge in [0.15, 0.2) is 0 Å². The number of nitrogens with zero attached hydrogens (tertiary/aromatic N) is 1. The van der Waals surface area contributed by atoms with E-state index in [2.05, 4.69) is 15.6 Å². The SMILES string of the molecule is O=C(C(=O)C(F)(F)F)C(F)(F)F.O=C(CCNCCc1ccc(Cl)c(Cl)c1)N(CCNCCc1ccc(O)c2[nH]c(=O)sc12)C1CCOCC1. The summed E-state index contributed by atoms with van der Waals surface area (Å²) >= 11 is 13.2. The minimum absolute atomic E-state index is 0.0875. The number of halogens is 8. The number of aromatic amines is 1. The average molecular weight is 776 g/mol. The summed E-state index contributed by atoms with van der Waals surface area (Å²) in [6, 6.07) is 9.31. The molecule has 50 heavy (non-hydrogen) atoms. The van der Waals surface area contributed by atoms with Crippen molar-refractivity contribution < 1.29 is 50.6 Å². The highest BCUT2D eigenvalue weighted by Crippen LogP contribution is 2.28. The summed E-state index contributed by atoms with van der Waals surface area (Å²) in [5.74, 6) is -6.58. The number of carbonyl (C=O) groups is 3. The molecule has 276 valence electrons. The number of Topliss-reactive ketones (excluding diaryl/α,β-unsaturated/α-hetero) is 2. The van der Waals surface area contributed by atoms with Crippen molar-refractivity contribution in [2.45, 2.75) is 50.5 Å². The number of phenolic OH excluding ortho intramolecular Hbond substituents is 1. The number of alkyl halides is 6. The lowest BCUT2D eigenvalue weighted by molar-refractivity contribution is -0.193. The zero-order valence-electron chi connectivity index (χ0n) is 26.3. The van der Waals surface area contributed by atoms with Gasteiger partial charge >= 0.3 is 28.8 Å². The lowest BCUT2D eigenvalue weighted by atomic mass is 10.1. The first-order valence-electron chi connectivity index (χ1n) is 15.3. The van der Waals surface area contributed by atoms with E-state index in [1.165, 1.54) is 0 Å². The molecule has 2 aromatic carbocycles. The van der Waals surface area contributed by atoms with Crippen molar-refractivity contribution in [2.24, 2.45) is 0 Å². The standard InChI is InChI=1S/C27H34Cl2N4O4S.C4F6O2/c28-21-3-1-18(17-22(21)29)5-10-30-12-7-24(35)33(20-8-15-37-16-9-20)14-13-31-11-6-19-2-4-23(34)25-26(19)38-27(36)32-25;5-3(6,7)1(11)2(12)4(8,9)10/h1-4,17,20,30-31,34H,5-16H2,(H,32,36);. The van der Waals surface area contributed by atoms with E-state index in [1.54, 1.807) is 12.1 Å². The number of carbonyl (C=O) groups excluding carboxylic acids is 3. The number of amides is 1. The van der Waals surface area contributed by atoms with Crippen LogP contribution in [0.3, 0.4) is 0 Å². The number of thiazole rings is 1. The van der Waals surface area contributed by atoms with Crippen LogP contribution in [0, 0.1) is 0 Å². The monoisotopic (exact) mass is 774 g/mol. The topological polar surface area (TPSA) is 141 Å². The van der Waals surface area contributed by atoms with Crippen LogP contribution >= 0.6 is 34.5 Å². The number of ketones is 2. The van der Waals surface area contributed by atoms with Crippen molar-refractivity contribution in [3.05, 3.63) is 61.2 Å². The van der Waals surface area contributed by atoms with E-state index >= 15 is 0 Å². The summed E-state index contributed by atoms with van der Waals surface area (Å²) in [6.45, 7) is 4.75. The Morgan fingerprint density at radius 1 is 0.900 bits per heavy atom. The number of H-pyrrole nitrogens is 1. The Labute approximate surface area is 296 Å². The summed E-state index contributed by atoms with van der Waals surface area (Å²) in [5.41, 5.74) is 2.61. The molecule has 0 bridgehead atoms. The maximum Gasteiger partial charge on any atom is 0.458 e. The summed E-state index contributed by atoms with van der Waals surface area (Å²) in [7, 11) is 0. The fourth-order valence-electron chi connectivity index (χ4n) is 4.97. The number of nitrogens with one attached hydrogen (secondary N) is 3. The van der Waals surface area contributed by atoms with Crippen molar-refractivity contribution in [3.8, 4) is 5.75 Å². The molecule has 0 saturated carbocycles. The minimum atomic E-state index is -5.77. The number of phenols is 1. The van der Waals surface area contributed by atoms with Crippen molar-refractivity contribution in [3.63, 3.8) is 0 Å². The Bertz CT molecular complexity index is 1650. The molecule has 1 fully saturated rings. The highest BCUT2D eigenvalue weighted by molar-refractivity contribution is 7.16. The van der Waals surface area contributed by atoms with Gasteiger partial charge in [-0.25, -0.2) is 0 Å². The lowest BCUT2D eigenvalue weighted by Crippen LogP contribution is -2.47. The highest BCUT2D eigenvalue weighted by Gasteiger charge is 2.54. The first-order chi connectivity index (χ1) is 23.5. The predicted molar refractivity (Wildman–Crippen MR) is 176 cm³/mol. The molecule has 1 aromatic heterocycles. The Kier molecular flexibility index (Phi) is 15.5. The number of hydrogen-bond donors (Lipinski definition) is 4. The number of rotatable bonds is 14.